The van der Waals surface area contributed by atoms with Crippen LogP contribution in [0.3, 0.4) is 0 Å². The maximum Gasteiger partial charge on any atom is 0.389 e. The Hall–Kier alpha value is -7.65. The van der Waals surface area contributed by atoms with E-state index in [9.17, 15) is 9.36 Å². The second kappa shape index (κ2) is 22.2. The molecule has 4 aliphatic heterocycles. The zero-order valence-corrected chi connectivity index (χ0v) is 46.3. The number of carbonyl (C=O) groups is 1. The number of pyridine rings is 1. The van der Waals surface area contributed by atoms with E-state index in [1.165, 1.54) is 34.1 Å². The first kappa shape index (κ1) is 54.6. The van der Waals surface area contributed by atoms with Crippen LogP contribution in [-0.2, 0) is 55.5 Å². The summed E-state index contributed by atoms with van der Waals surface area (Å²) in [6.07, 6.45) is -8.71. The van der Waals surface area contributed by atoms with Crippen molar-refractivity contribution < 1.29 is 59.7 Å². The van der Waals surface area contributed by atoms with Gasteiger partial charge in [0.2, 0.25) is 7.57 Å². The van der Waals surface area contributed by atoms with Crippen LogP contribution in [0, 0.1) is 0 Å². The Morgan fingerprint density at radius 2 is 1.43 bits per heavy atom. The number of carbonyl (C=O) groups excluding carboxylic acids is 1. The number of halogens is 2. The van der Waals surface area contributed by atoms with Crippen LogP contribution in [0.5, 0.6) is 11.5 Å². The lowest BCUT2D eigenvalue weighted by Crippen LogP contribution is -2.37. The highest BCUT2D eigenvalue weighted by Crippen LogP contribution is 2.65. The fourth-order valence-corrected chi connectivity index (χ4v) is 14.8. The van der Waals surface area contributed by atoms with Crippen molar-refractivity contribution in [3.8, 4) is 34.0 Å². The van der Waals surface area contributed by atoms with Crippen molar-refractivity contribution in [1.29, 1.82) is 0 Å². The average Bonchev–Trinajstić information content (AvgIpc) is 3.02. The number of ether oxygens (including phenoxy) is 4. The number of benzene rings is 4. The highest BCUT2D eigenvalue weighted by Gasteiger charge is 2.55. The molecule has 10 atom stereocenters. The number of nitrogens with zero attached hydrogens (tertiary/aromatic N) is 11. The number of hydrogen-bond acceptors (Lipinski definition) is 22. The summed E-state index contributed by atoms with van der Waals surface area (Å²) in [4.78, 5) is 36.5. The Morgan fingerprint density at radius 3 is 2.19 bits per heavy atom. The van der Waals surface area contributed by atoms with Crippen LogP contribution in [0.4, 0.5) is 26.0 Å². The lowest BCUT2D eigenvalue weighted by molar-refractivity contribution is -0.0546. The summed E-state index contributed by atoms with van der Waals surface area (Å²) < 4.78 is 115. The van der Waals surface area contributed by atoms with E-state index in [-0.39, 0.29) is 57.5 Å². The number of nitrogen functional groups attached to an aromatic ring is 2. The molecule has 0 spiro atoms. The number of fused-ring (bicyclic) bond motifs is 9. The van der Waals surface area contributed by atoms with Crippen LogP contribution in [0.2, 0.25) is 0 Å². The molecule has 83 heavy (non-hydrogen) atoms. The minimum Gasteiger partial charge on any atom is -0.492 e. The van der Waals surface area contributed by atoms with Gasteiger partial charge in [-0.1, -0.05) is 59.8 Å². The summed E-state index contributed by atoms with van der Waals surface area (Å²) >= 11 is 0.675. The molecule has 0 amide bonds. The maximum absolute atomic E-state index is 17.0. The van der Waals surface area contributed by atoms with Gasteiger partial charge in [0.05, 0.1) is 49.4 Å². The Morgan fingerprint density at radius 1 is 0.771 bits per heavy atom. The predicted molar refractivity (Wildman–Crippen MR) is 300 cm³/mol. The number of aromatic nitrogens is 10. The largest absolute Gasteiger partial charge is 0.492 e. The summed E-state index contributed by atoms with van der Waals surface area (Å²) in [5, 5.41) is 9.19. The third kappa shape index (κ3) is 10.6. The molecule has 0 saturated carbocycles. The van der Waals surface area contributed by atoms with E-state index in [1.54, 1.807) is 48.5 Å². The molecule has 3 fully saturated rings. The van der Waals surface area contributed by atoms with Gasteiger partial charge < -0.3 is 44.4 Å². The van der Waals surface area contributed by atoms with Gasteiger partial charge in [0.1, 0.15) is 65.6 Å². The van der Waals surface area contributed by atoms with Crippen LogP contribution >= 0.6 is 25.7 Å². The molecular formula is C53H48BF2N13O11P2S. The van der Waals surface area contributed by atoms with Crippen LogP contribution in [0.15, 0.2) is 128 Å². The van der Waals surface area contributed by atoms with Crippen LogP contribution in [0.1, 0.15) is 33.9 Å². The number of esters is 1. The normalized spacial score (nSPS) is 26.1. The molecule has 24 nitrogen and oxygen atoms in total. The van der Waals surface area contributed by atoms with E-state index in [1.807, 2.05) is 28.9 Å². The molecule has 13 rings (SSSR count). The molecule has 2 radical (unpaired) electrons. The van der Waals surface area contributed by atoms with Gasteiger partial charge in [0.15, 0.2) is 41.9 Å². The summed E-state index contributed by atoms with van der Waals surface area (Å²) in [6.45, 7) is -4.69. The number of anilines is 3. The minimum atomic E-state index is -4.72. The first-order chi connectivity index (χ1) is 40.2. The molecule has 424 valence electrons. The third-order valence-corrected chi connectivity index (χ3v) is 19.2. The topological polar surface area (TPSA) is 285 Å². The van der Waals surface area contributed by atoms with Gasteiger partial charge in [-0.2, -0.15) is 0 Å². The van der Waals surface area contributed by atoms with E-state index in [0.717, 1.165) is 46.6 Å². The standard InChI is InChI=1S/C53H48BF2N13O11P2S/c1-66-22-31-6-2-3-7-34(31)42-45(35-8-4-5-9-37(35)66)69(65-64-42)20-21-73-32-16-12-30(13-17-32)53(70)76-33-14-10-29(11-15-33)25-83-82(72)75-24-39-46(40(55)51(78-39)68-28-63-44-48(58)60-26-61-50(44)68)79-81(54,71)74-23-38-47(80-82)41(56)52(77-38)67-27-62-43-36(57)18-19-59-49(43)67/h2-19,26-28,38-41,46-47,51-52H,20-25H2,1H3,(H2,57,59)(H2,58,60,61)/t38-,39-,40-,41-,46-,47-,51-,52-,81-,82+/m1/s1. The summed E-state index contributed by atoms with van der Waals surface area (Å²) in [5.74, 6) is 0.0292. The fraction of sp³-hybridized carbons (Fsp3) is 0.283. The lowest BCUT2D eigenvalue weighted by Gasteiger charge is -2.30. The molecule has 30 heteroatoms. The molecular weight excluding hydrogens is 1140 g/mol. The van der Waals surface area contributed by atoms with E-state index < -0.39 is 82.7 Å². The Kier molecular flexibility index (Phi) is 14.6. The predicted octanol–water partition coefficient (Wildman–Crippen LogP) is 8.22. The number of rotatable bonds is 11. The monoisotopic (exact) mass is 1190 g/mol. The quantitative estimate of drug-likeness (QED) is 0.0533. The van der Waals surface area contributed by atoms with Crippen molar-refractivity contribution >= 4 is 78.7 Å². The highest BCUT2D eigenvalue weighted by atomic mass is 32.7. The smallest absolute Gasteiger partial charge is 0.389 e. The Balaban J connectivity index is 0.690. The molecule has 4 N–H and O–H groups in total. The molecule has 5 aromatic heterocycles. The molecule has 0 unspecified atom stereocenters. The van der Waals surface area contributed by atoms with Gasteiger partial charge in [0.25, 0.3) is 7.47 Å². The number of para-hydroxylation sites is 1. The fourth-order valence-electron chi connectivity index (χ4n) is 10.4. The summed E-state index contributed by atoms with van der Waals surface area (Å²) in [7, 11) is 3.42. The van der Waals surface area contributed by atoms with Crippen molar-refractivity contribution in [2.75, 3.05) is 43.2 Å². The number of nitrogens with two attached hydrogens (primary N) is 2. The van der Waals surface area contributed by atoms with Gasteiger partial charge in [0, 0.05) is 42.4 Å². The van der Waals surface area contributed by atoms with Crippen molar-refractivity contribution in [3.63, 3.8) is 0 Å². The van der Waals surface area contributed by atoms with Crippen LogP contribution in [-0.4, -0.2) is 126 Å². The minimum absolute atomic E-state index is 0.0170. The zero-order valence-electron chi connectivity index (χ0n) is 43.7. The van der Waals surface area contributed by atoms with Crippen LogP contribution < -0.4 is 25.8 Å². The molecule has 4 aromatic carbocycles. The van der Waals surface area contributed by atoms with E-state index in [2.05, 4.69) is 71.4 Å². The summed E-state index contributed by atoms with van der Waals surface area (Å²) in [6, 6.07) is 30.8. The zero-order chi connectivity index (χ0) is 57.1. The van der Waals surface area contributed by atoms with Crippen molar-refractivity contribution in [3.05, 3.63) is 145 Å². The summed E-state index contributed by atoms with van der Waals surface area (Å²) in [5.41, 5.74) is 19.8. The van der Waals surface area contributed by atoms with Crippen molar-refractivity contribution in [1.82, 2.24) is 49.0 Å². The van der Waals surface area contributed by atoms with Gasteiger partial charge in [-0.05, 0) is 71.0 Å². The molecule has 9 heterocycles. The van der Waals surface area contributed by atoms with Gasteiger partial charge in [-0.25, -0.2) is 47.7 Å². The first-order valence-corrected chi connectivity index (χ1v) is 30.7. The second-order valence-electron chi connectivity index (χ2n) is 19.8. The SMILES string of the molecule is [B][P@@]1(=O)OC[C@H]2O[C@@H](n3cnc4c(N)ccnc43)[C@H](F)[C@@H]2O[P@@](=O)(SCc2ccc(OC(=O)c3ccc(OCCn4nnc5c4-c4ccccc4N(C)Cc4ccccc4-5)cc3)cc2)OC[C@H]2O[C@@H](n3cnc4c(N)ncnc43)[C@H](F)[C@@H]2O1. The number of imidazole rings is 2. The second-order valence-corrected chi connectivity index (χ2v) is 25.3. The maximum atomic E-state index is 17.0. The molecule has 0 bridgehead atoms. The molecule has 0 aliphatic carbocycles. The molecule has 9 aromatic rings. The lowest BCUT2D eigenvalue weighted by atomic mass is 9.96. The molecule has 4 aliphatic rings. The van der Waals surface area contributed by atoms with Crippen molar-refractivity contribution in [2.24, 2.45) is 0 Å². The number of hydrogen-bond donors (Lipinski definition) is 2. The average molecular weight is 1190 g/mol. The molecule has 3 saturated heterocycles. The Bertz CT molecular complexity index is 4020. The van der Waals surface area contributed by atoms with Crippen molar-refractivity contribution in [2.45, 2.75) is 68.1 Å². The van der Waals surface area contributed by atoms with E-state index in [0.29, 0.717) is 29.2 Å². The van der Waals surface area contributed by atoms with Crippen LogP contribution in [0.25, 0.3) is 44.8 Å². The first-order valence-electron chi connectivity index (χ1n) is 25.9. The van der Waals surface area contributed by atoms with E-state index in [4.69, 9.17) is 56.1 Å². The number of alkyl halides is 2. The van der Waals surface area contributed by atoms with Gasteiger partial charge in [-0.15, -0.1) is 5.10 Å². The Labute approximate surface area is 475 Å². The van der Waals surface area contributed by atoms with E-state index >= 15 is 13.3 Å². The third-order valence-electron chi connectivity index (χ3n) is 14.5. The van der Waals surface area contributed by atoms with Gasteiger partial charge >= 0.3 is 12.8 Å². The van der Waals surface area contributed by atoms with Gasteiger partial charge in [-0.3, -0.25) is 22.7 Å². The highest BCUT2D eigenvalue weighted by molar-refractivity contribution is 8.54.